The molecule has 1 aromatic heterocycles. The van der Waals surface area contributed by atoms with E-state index in [1.165, 1.54) is 0 Å². The number of aromatic nitrogens is 3. The molecule has 5 nitrogen and oxygen atoms in total. The Balaban J connectivity index is 2.23. The minimum Gasteiger partial charge on any atom is -0.508 e. The number of phenols is 1. The van der Waals surface area contributed by atoms with Crippen LogP contribution in [0.25, 0.3) is 11.4 Å². The van der Waals surface area contributed by atoms with E-state index >= 15 is 0 Å². The van der Waals surface area contributed by atoms with Crippen LogP contribution in [0.3, 0.4) is 0 Å². The molecule has 0 unspecified atom stereocenters. The molecule has 0 atom stereocenters. The van der Waals surface area contributed by atoms with Gasteiger partial charge in [-0.2, -0.15) is 0 Å². The number of allylic oxidation sites excluding steroid dienone is 1. The summed E-state index contributed by atoms with van der Waals surface area (Å²) >= 11 is 1.68. The van der Waals surface area contributed by atoms with E-state index < -0.39 is 0 Å². The standard InChI is InChI=1S/C15H20N4OS/c1-4-9-19-14(12-5-7-13(20)8-6-12)16-17-15(19)21-11-10-18(2)3/h4-8,20H,1,9-11H2,2-3H3. The number of thioether (sulfide) groups is 1. The molecule has 0 radical (unpaired) electrons. The Morgan fingerprint density at radius 3 is 2.62 bits per heavy atom. The minimum atomic E-state index is 0.245. The van der Waals surface area contributed by atoms with Gasteiger partial charge in [-0.25, -0.2) is 0 Å². The quantitative estimate of drug-likeness (QED) is 0.629. The zero-order valence-corrected chi connectivity index (χ0v) is 13.2. The second-order valence-electron chi connectivity index (χ2n) is 4.90. The Labute approximate surface area is 129 Å². The number of benzene rings is 1. The first-order valence-corrected chi connectivity index (χ1v) is 7.71. The fourth-order valence-corrected chi connectivity index (χ4v) is 2.89. The zero-order chi connectivity index (χ0) is 15.2. The molecule has 0 saturated heterocycles. The first kappa shape index (κ1) is 15.6. The van der Waals surface area contributed by atoms with Crippen LogP contribution >= 0.6 is 11.8 Å². The van der Waals surface area contributed by atoms with Crippen molar-refractivity contribution in [3.63, 3.8) is 0 Å². The number of phenolic OH excluding ortho intramolecular Hbond substituents is 1. The van der Waals surface area contributed by atoms with Crippen molar-refractivity contribution in [1.82, 2.24) is 19.7 Å². The highest BCUT2D eigenvalue weighted by Crippen LogP contribution is 2.25. The van der Waals surface area contributed by atoms with Gasteiger partial charge in [0.2, 0.25) is 0 Å². The van der Waals surface area contributed by atoms with Crippen molar-refractivity contribution in [2.45, 2.75) is 11.7 Å². The fraction of sp³-hybridized carbons (Fsp3) is 0.333. The van der Waals surface area contributed by atoms with Gasteiger partial charge in [-0.3, -0.25) is 4.57 Å². The van der Waals surface area contributed by atoms with Crippen LogP contribution < -0.4 is 0 Å². The molecule has 0 aliphatic carbocycles. The molecule has 0 amide bonds. The molecule has 0 aliphatic heterocycles. The molecule has 0 spiro atoms. The molecule has 1 aromatic carbocycles. The van der Waals surface area contributed by atoms with Crippen molar-refractivity contribution in [3.8, 4) is 17.1 Å². The van der Waals surface area contributed by atoms with Crippen molar-refractivity contribution < 1.29 is 5.11 Å². The SMILES string of the molecule is C=CCn1c(SCCN(C)C)nnc1-c1ccc(O)cc1. The summed E-state index contributed by atoms with van der Waals surface area (Å²) in [4.78, 5) is 2.14. The predicted octanol–water partition coefficient (Wildman–Crippen LogP) is 2.49. The third kappa shape index (κ3) is 4.09. The Bertz CT molecular complexity index is 592. The topological polar surface area (TPSA) is 54.2 Å². The highest BCUT2D eigenvalue weighted by atomic mass is 32.2. The summed E-state index contributed by atoms with van der Waals surface area (Å²) in [6.07, 6.45) is 1.84. The van der Waals surface area contributed by atoms with Gasteiger partial charge in [0.25, 0.3) is 0 Å². The third-order valence-corrected chi connectivity index (χ3v) is 3.87. The van der Waals surface area contributed by atoms with Gasteiger partial charge < -0.3 is 10.0 Å². The molecule has 0 bridgehead atoms. The molecule has 112 valence electrons. The van der Waals surface area contributed by atoms with Crippen LogP contribution in [-0.4, -0.2) is 51.2 Å². The average molecular weight is 304 g/mol. The van der Waals surface area contributed by atoms with Gasteiger partial charge in [0, 0.05) is 24.4 Å². The molecule has 0 fully saturated rings. The van der Waals surface area contributed by atoms with Crippen LogP contribution in [0.5, 0.6) is 5.75 Å². The highest BCUT2D eigenvalue weighted by Gasteiger charge is 2.13. The normalized spacial score (nSPS) is 11.0. The zero-order valence-electron chi connectivity index (χ0n) is 12.4. The van der Waals surface area contributed by atoms with E-state index in [4.69, 9.17) is 0 Å². The van der Waals surface area contributed by atoms with E-state index in [0.29, 0.717) is 6.54 Å². The van der Waals surface area contributed by atoms with Gasteiger partial charge in [0.05, 0.1) is 0 Å². The second-order valence-corrected chi connectivity index (χ2v) is 5.97. The lowest BCUT2D eigenvalue weighted by atomic mass is 10.2. The molecule has 1 N–H and O–H groups in total. The van der Waals surface area contributed by atoms with Gasteiger partial charge in [-0.05, 0) is 38.4 Å². The van der Waals surface area contributed by atoms with E-state index in [-0.39, 0.29) is 5.75 Å². The molecule has 0 saturated carbocycles. The summed E-state index contributed by atoms with van der Waals surface area (Å²) in [5, 5.41) is 18.8. The Kier molecular flexibility index (Phi) is 5.41. The van der Waals surface area contributed by atoms with Crippen LogP contribution in [0.2, 0.25) is 0 Å². The van der Waals surface area contributed by atoms with Crippen LogP contribution in [0.15, 0.2) is 42.1 Å². The van der Waals surface area contributed by atoms with Crippen LogP contribution in [0, 0.1) is 0 Å². The van der Waals surface area contributed by atoms with E-state index in [1.807, 2.05) is 22.8 Å². The maximum atomic E-state index is 9.38. The van der Waals surface area contributed by atoms with Gasteiger partial charge in [-0.15, -0.1) is 16.8 Å². The minimum absolute atomic E-state index is 0.245. The van der Waals surface area contributed by atoms with Crippen LogP contribution in [0.4, 0.5) is 0 Å². The van der Waals surface area contributed by atoms with Crippen LogP contribution in [0.1, 0.15) is 0 Å². The highest BCUT2D eigenvalue weighted by molar-refractivity contribution is 7.99. The second kappa shape index (κ2) is 7.28. The summed E-state index contributed by atoms with van der Waals surface area (Å²) in [6, 6.07) is 6.99. The van der Waals surface area contributed by atoms with Gasteiger partial charge in [-0.1, -0.05) is 17.8 Å². The average Bonchev–Trinajstić information content (AvgIpc) is 2.83. The molecular weight excluding hydrogens is 284 g/mol. The maximum Gasteiger partial charge on any atom is 0.191 e. The summed E-state index contributed by atoms with van der Waals surface area (Å²) in [5.74, 6) is 1.99. The number of aromatic hydroxyl groups is 1. The summed E-state index contributed by atoms with van der Waals surface area (Å²) in [6.45, 7) is 5.45. The summed E-state index contributed by atoms with van der Waals surface area (Å²) in [5.41, 5.74) is 0.932. The van der Waals surface area contributed by atoms with E-state index in [9.17, 15) is 5.11 Å². The van der Waals surface area contributed by atoms with Crippen molar-refractivity contribution in [3.05, 3.63) is 36.9 Å². The lowest BCUT2D eigenvalue weighted by Crippen LogP contribution is -2.15. The lowest BCUT2D eigenvalue weighted by molar-refractivity contribution is 0.437. The first-order chi connectivity index (χ1) is 10.1. The Morgan fingerprint density at radius 2 is 2.00 bits per heavy atom. The summed E-state index contributed by atoms with van der Waals surface area (Å²) < 4.78 is 2.04. The molecule has 21 heavy (non-hydrogen) atoms. The summed E-state index contributed by atoms with van der Waals surface area (Å²) in [7, 11) is 4.10. The van der Waals surface area contributed by atoms with Gasteiger partial charge >= 0.3 is 0 Å². The van der Waals surface area contributed by atoms with Gasteiger partial charge in [0.1, 0.15) is 5.75 Å². The van der Waals surface area contributed by atoms with Crippen molar-refractivity contribution in [2.75, 3.05) is 26.4 Å². The maximum absolute atomic E-state index is 9.38. The monoisotopic (exact) mass is 304 g/mol. The largest absolute Gasteiger partial charge is 0.508 e. The number of nitrogens with zero attached hydrogens (tertiary/aromatic N) is 4. The van der Waals surface area contributed by atoms with Crippen molar-refractivity contribution in [2.24, 2.45) is 0 Å². The van der Waals surface area contributed by atoms with E-state index in [2.05, 4.69) is 35.8 Å². The Hall–Kier alpha value is -1.79. The number of hydrogen-bond donors (Lipinski definition) is 1. The molecule has 6 heteroatoms. The smallest absolute Gasteiger partial charge is 0.191 e. The fourth-order valence-electron chi connectivity index (χ4n) is 1.83. The first-order valence-electron chi connectivity index (χ1n) is 6.73. The van der Waals surface area contributed by atoms with Gasteiger partial charge in [0.15, 0.2) is 11.0 Å². The molecular formula is C15H20N4OS. The third-order valence-electron chi connectivity index (χ3n) is 2.92. The molecule has 1 heterocycles. The van der Waals surface area contributed by atoms with Crippen LogP contribution in [-0.2, 0) is 6.54 Å². The molecule has 2 aromatic rings. The lowest BCUT2D eigenvalue weighted by Gasteiger charge is -2.10. The van der Waals surface area contributed by atoms with E-state index in [1.54, 1.807) is 23.9 Å². The Morgan fingerprint density at radius 1 is 1.29 bits per heavy atom. The predicted molar refractivity (Wildman–Crippen MR) is 86.6 cm³/mol. The number of rotatable bonds is 7. The molecule has 2 rings (SSSR count). The van der Waals surface area contributed by atoms with Crippen molar-refractivity contribution in [1.29, 1.82) is 0 Å². The number of hydrogen-bond acceptors (Lipinski definition) is 5. The molecule has 0 aliphatic rings. The van der Waals surface area contributed by atoms with E-state index in [0.717, 1.165) is 28.8 Å². The van der Waals surface area contributed by atoms with Crippen molar-refractivity contribution >= 4 is 11.8 Å².